The fourth-order valence-electron chi connectivity index (χ4n) is 3.53. The van der Waals surface area contributed by atoms with Crippen molar-refractivity contribution < 1.29 is 4.74 Å². The highest BCUT2D eigenvalue weighted by molar-refractivity contribution is 6.30. The number of benzene rings is 1. The van der Waals surface area contributed by atoms with E-state index in [-0.39, 0.29) is 0 Å². The Balaban J connectivity index is 2.31. The van der Waals surface area contributed by atoms with Crippen molar-refractivity contribution in [1.29, 1.82) is 0 Å². The van der Waals surface area contributed by atoms with E-state index in [1.165, 1.54) is 37.7 Å². The Bertz CT molecular complexity index is 441. The SMILES string of the molecule is CCOc1ccc(Cl)cc1C(CN(C)C)C1CCCCC1. The molecular weight excluding hydrogens is 282 g/mol. The zero-order valence-corrected chi connectivity index (χ0v) is 14.3. The molecule has 118 valence electrons. The Morgan fingerprint density at radius 1 is 1.24 bits per heavy atom. The van der Waals surface area contributed by atoms with E-state index in [1.54, 1.807) is 0 Å². The van der Waals surface area contributed by atoms with Gasteiger partial charge in [0.1, 0.15) is 5.75 Å². The highest BCUT2D eigenvalue weighted by atomic mass is 35.5. The molecule has 1 aromatic carbocycles. The number of hydrogen-bond acceptors (Lipinski definition) is 2. The van der Waals surface area contributed by atoms with Crippen LogP contribution in [-0.2, 0) is 0 Å². The van der Waals surface area contributed by atoms with Gasteiger partial charge in [0.15, 0.2) is 0 Å². The van der Waals surface area contributed by atoms with Crippen LogP contribution in [-0.4, -0.2) is 32.1 Å². The van der Waals surface area contributed by atoms with Crippen LogP contribution in [0.15, 0.2) is 18.2 Å². The predicted molar refractivity (Wildman–Crippen MR) is 90.5 cm³/mol. The molecule has 0 bridgehead atoms. The minimum absolute atomic E-state index is 0.514. The molecule has 1 atom stereocenters. The third kappa shape index (κ3) is 4.62. The maximum Gasteiger partial charge on any atom is 0.122 e. The lowest BCUT2D eigenvalue weighted by Crippen LogP contribution is -2.27. The molecule has 2 rings (SSSR count). The van der Waals surface area contributed by atoms with Crippen LogP contribution in [0.4, 0.5) is 0 Å². The Kier molecular flexibility index (Phi) is 6.38. The van der Waals surface area contributed by atoms with Crippen LogP contribution in [0, 0.1) is 5.92 Å². The van der Waals surface area contributed by atoms with E-state index >= 15 is 0 Å². The highest BCUT2D eigenvalue weighted by Crippen LogP contribution is 2.40. The van der Waals surface area contributed by atoms with Crippen molar-refractivity contribution in [3.05, 3.63) is 28.8 Å². The molecule has 0 N–H and O–H groups in total. The summed E-state index contributed by atoms with van der Waals surface area (Å²) >= 11 is 6.27. The molecule has 1 aliphatic carbocycles. The van der Waals surface area contributed by atoms with Crippen molar-refractivity contribution in [2.75, 3.05) is 27.2 Å². The Morgan fingerprint density at radius 3 is 2.57 bits per heavy atom. The van der Waals surface area contributed by atoms with Gasteiger partial charge in [-0.25, -0.2) is 0 Å². The van der Waals surface area contributed by atoms with Crippen LogP contribution in [0.1, 0.15) is 50.5 Å². The van der Waals surface area contributed by atoms with Crippen molar-refractivity contribution in [1.82, 2.24) is 4.90 Å². The fraction of sp³-hybridized carbons (Fsp3) is 0.667. The third-order valence-electron chi connectivity index (χ3n) is 4.45. The molecule has 3 heteroatoms. The second-order valence-corrected chi connectivity index (χ2v) is 6.82. The van der Waals surface area contributed by atoms with Gasteiger partial charge in [0.2, 0.25) is 0 Å². The summed E-state index contributed by atoms with van der Waals surface area (Å²) in [4.78, 5) is 2.29. The standard InChI is InChI=1S/C18H28ClNO/c1-4-21-18-11-10-15(19)12-16(18)17(13-20(2)3)14-8-6-5-7-9-14/h10-12,14,17H,4-9,13H2,1-3H3. The summed E-state index contributed by atoms with van der Waals surface area (Å²) in [7, 11) is 4.31. The first kappa shape index (κ1) is 16.6. The molecule has 2 nitrogen and oxygen atoms in total. The Morgan fingerprint density at radius 2 is 1.95 bits per heavy atom. The first-order valence-corrected chi connectivity index (χ1v) is 8.56. The Hall–Kier alpha value is -0.730. The summed E-state index contributed by atoms with van der Waals surface area (Å²) in [5.74, 6) is 2.28. The van der Waals surface area contributed by atoms with Crippen molar-refractivity contribution >= 4 is 11.6 Å². The fourth-order valence-corrected chi connectivity index (χ4v) is 3.71. The molecule has 0 aliphatic heterocycles. The largest absolute Gasteiger partial charge is 0.494 e. The molecule has 1 aromatic rings. The zero-order valence-electron chi connectivity index (χ0n) is 13.6. The van der Waals surface area contributed by atoms with Crippen LogP contribution in [0.5, 0.6) is 5.75 Å². The monoisotopic (exact) mass is 309 g/mol. The van der Waals surface area contributed by atoms with Crippen LogP contribution in [0.25, 0.3) is 0 Å². The number of ether oxygens (including phenoxy) is 1. The topological polar surface area (TPSA) is 12.5 Å². The molecule has 1 unspecified atom stereocenters. The van der Waals surface area contributed by atoms with Gasteiger partial charge in [-0.15, -0.1) is 0 Å². The minimum atomic E-state index is 0.514. The van der Waals surface area contributed by atoms with Gasteiger partial charge in [0, 0.05) is 23.0 Å². The third-order valence-corrected chi connectivity index (χ3v) is 4.69. The van der Waals surface area contributed by atoms with Crippen molar-refractivity contribution in [2.24, 2.45) is 5.92 Å². The lowest BCUT2D eigenvalue weighted by Gasteiger charge is -2.33. The predicted octanol–water partition coefficient (Wildman–Crippen LogP) is 4.96. The summed E-state index contributed by atoms with van der Waals surface area (Å²) < 4.78 is 5.87. The van der Waals surface area contributed by atoms with Gasteiger partial charge in [0.05, 0.1) is 6.61 Å². The summed E-state index contributed by atoms with van der Waals surface area (Å²) in [5.41, 5.74) is 1.30. The van der Waals surface area contributed by atoms with E-state index < -0.39 is 0 Å². The normalized spacial score (nSPS) is 18.0. The van der Waals surface area contributed by atoms with Gasteiger partial charge in [-0.1, -0.05) is 30.9 Å². The molecule has 0 spiro atoms. The van der Waals surface area contributed by atoms with Gasteiger partial charge in [0.25, 0.3) is 0 Å². The average Bonchev–Trinajstić information content (AvgIpc) is 2.48. The first-order valence-electron chi connectivity index (χ1n) is 8.18. The second-order valence-electron chi connectivity index (χ2n) is 6.38. The summed E-state index contributed by atoms with van der Waals surface area (Å²) in [5, 5.41) is 0.813. The molecule has 21 heavy (non-hydrogen) atoms. The van der Waals surface area contributed by atoms with E-state index in [4.69, 9.17) is 16.3 Å². The van der Waals surface area contributed by atoms with Gasteiger partial charge in [-0.3, -0.25) is 0 Å². The first-order chi connectivity index (χ1) is 10.1. The zero-order chi connectivity index (χ0) is 15.2. The lowest BCUT2D eigenvalue weighted by molar-refractivity contribution is 0.245. The van der Waals surface area contributed by atoms with Crippen LogP contribution >= 0.6 is 11.6 Å². The maximum atomic E-state index is 6.27. The molecule has 1 fully saturated rings. The molecule has 1 saturated carbocycles. The number of rotatable bonds is 6. The van der Waals surface area contributed by atoms with Crippen LogP contribution < -0.4 is 4.74 Å². The number of nitrogens with zero attached hydrogens (tertiary/aromatic N) is 1. The van der Waals surface area contributed by atoms with E-state index in [2.05, 4.69) is 25.1 Å². The van der Waals surface area contributed by atoms with Crippen LogP contribution in [0.2, 0.25) is 5.02 Å². The minimum Gasteiger partial charge on any atom is -0.494 e. The quantitative estimate of drug-likeness (QED) is 0.736. The van der Waals surface area contributed by atoms with Crippen LogP contribution in [0.3, 0.4) is 0 Å². The van der Waals surface area contributed by atoms with Crippen molar-refractivity contribution in [3.8, 4) is 5.75 Å². The second kappa shape index (κ2) is 8.05. The van der Waals surface area contributed by atoms with Crippen molar-refractivity contribution in [3.63, 3.8) is 0 Å². The van der Waals surface area contributed by atoms with Gasteiger partial charge < -0.3 is 9.64 Å². The molecule has 0 radical (unpaired) electrons. The van der Waals surface area contributed by atoms with E-state index in [1.807, 2.05) is 19.1 Å². The van der Waals surface area contributed by atoms with Gasteiger partial charge in [-0.05, 0) is 58.0 Å². The summed E-state index contributed by atoms with van der Waals surface area (Å²) in [6.45, 7) is 3.80. The maximum absolute atomic E-state index is 6.27. The smallest absolute Gasteiger partial charge is 0.122 e. The molecule has 0 heterocycles. The van der Waals surface area contributed by atoms with Gasteiger partial charge in [-0.2, -0.15) is 0 Å². The average molecular weight is 310 g/mol. The molecule has 0 aromatic heterocycles. The highest BCUT2D eigenvalue weighted by Gasteiger charge is 2.28. The number of likely N-dealkylation sites (N-methyl/N-ethyl adjacent to an activating group) is 1. The molecule has 0 amide bonds. The Labute approximate surface area is 134 Å². The van der Waals surface area contributed by atoms with E-state index in [0.29, 0.717) is 12.5 Å². The van der Waals surface area contributed by atoms with E-state index in [9.17, 15) is 0 Å². The number of hydrogen-bond donors (Lipinski definition) is 0. The summed E-state index contributed by atoms with van der Waals surface area (Å²) in [6, 6.07) is 6.09. The number of halogens is 1. The van der Waals surface area contributed by atoms with E-state index in [0.717, 1.165) is 23.2 Å². The summed E-state index contributed by atoms with van der Waals surface area (Å²) in [6.07, 6.45) is 6.77. The molecule has 0 saturated heterocycles. The lowest BCUT2D eigenvalue weighted by atomic mass is 9.76. The molecule has 1 aliphatic rings. The molecular formula is C18H28ClNO. The van der Waals surface area contributed by atoms with Gasteiger partial charge >= 0.3 is 0 Å². The van der Waals surface area contributed by atoms with Crippen molar-refractivity contribution in [2.45, 2.75) is 44.9 Å².